The van der Waals surface area contributed by atoms with Gasteiger partial charge in [-0.2, -0.15) is 13.2 Å². The second-order valence-corrected chi connectivity index (χ2v) is 5.22. The fourth-order valence-corrected chi connectivity index (χ4v) is 2.23. The van der Waals surface area contributed by atoms with Crippen LogP contribution in [0.3, 0.4) is 0 Å². The lowest BCUT2D eigenvalue weighted by Crippen LogP contribution is -2.46. The first-order valence-electron chi connectivity index (χ1n) is 7.13. The molecule has 24 heavy (non-hydrogen) atoms. The smallest absolute Gasteiger partial charge is 0.416 e. The number of aliphatic carboxylic acids is 1. The summed E-state index contributed by atoms with van der Waals surface area (Å²) >= 11 is 0. The van der Waals surface area contributed by atoms with Gasteiger partial charge in [-0.1, -0.05) is 12.1 Å². The van der Waals surface area contributed by atoms with Gasteiger partial charge in [0, 0.05) is 6.54 Å². The molecule has 0 radical (unpaired) electrons. The molecule has 1 aliphatic heterocycles. The van der Waals surface area contributed by atoms with Crippen LogP contribution >= 0.6 is 0 Å². The average Bonchev–Trinajstić information content (AvgIpc) is 2.53. The van der Waals surface area contributed by atoms with E-state index < -0.39 is 36.3 Å². The Hall–Kier alpha value is -2.13. The molecule has 0 saturated carbocycles. The molecule has 1 saturated heterocycles. The van der Waals surface area contributed by atoms with Gasteiger partial charge in [-0.25, -0.2) is 0 Å². The molecular weight excluding hydrogens is 331 g/mol. The highest BCUT2D eigenvalue weighted by Crippen LogP contribution is 2.29. The molecule has 0 aromatic heterocycles. The van der Waals surface area contributed by atoms with Crippen molar-refractivity contribution >= 4 is 11.9 Å². The quantitative estimate of drug-likeness (QED) is 0.874. The van der Waals surface area contributed by atoms with E-state index >= 15 is 0 Å². The molecular formula is C15H16F3NO5. The number of carboxylic acids is 1. The predicted molar refractivity (Wildman–Crippen MR) is 75.1 cm³/mol. The highest BCUT2D eigenvalue weighted by atomic mass is 19.4. The maximum absolute atomic E-state index is 12.6. The van der Waals surface area contributed by atoms with Crippen LogP contribution in [0.15, 0.2) is 24.3 Å². The van der Waals surface area contributed by atoms with Crippen molar-refractivity contribution in [2.24, 2.45) is 0 Å². The second-order valence-electron chi connectivity index (χ2n) is 5.22. The van der Waals surface area contributed by atoms with Crippen molar-refractivity contribution in [3.05, 3.63) is 35.4 Å². The Labute approximate surface area is 135 Å². The summed E-state index contributed by atoms with van der Waals surface area (Å²) in [5.41, 5.74) is -0.430. The number of benzene rings is 1. The number of nitrogens with zero attached hydrogens (tertiary/aromatic N) is 1. The van der Waals surface area contributed by atoms with Crippen molar-refractivity contribution in [3.8, 4) is 0 Å². The van der Waals surface area contributed by atoms with Gasteiger partial charge in [0.25, 0.3) is 5.91 Å². The number of hydrogen-bond donors (Lipinski definition) is 1. The van der Waals surface area contributed by atoms with Crippen molar-refractivity contribution in [2.45, 2.75) is 18.8 Å². The van der Waals surface area contributed by atoms with Crippen molar-refractivity contribution in [2.75, 3.05) is 26.4 Å². The molecule has 1 fully saturated rings. The van der Waals surface area contributed by atoms with Crippen LogP contribution in [0, 0.1) is 0 Å². The van der Waals surface area contributed by atoms with Gasteiger partial charge in [0.05, 0.1) is 25.4 Å². The number of rotatable bonds is 5. The molecule has 1 heterocycles. The molecule has 1 amide bonds. The molecule has 0 spiro atoms. The molecule has 132 valence electrons. The maximum atomic E-state index is 12.6. The lowest BCUT2D eigenvalue weighted by Gasteiger charge is -2.28. The van der Waals surface area contributed by atoms with E-state index in [2.05, 4.69) is 0 Å². The van der Waals surface area contributed by atoms with Gasteiger partial charge in [-0.15, -0.1) is 0 Å². The maximum Gasteiger partial charge on any atom is 0.416 e. The summed E-state index contributed by atoms with van der Waals surface area (Å²) in [6.07, 6.45) is -5.37. The Morgan fingerprint density at radius 2 is 1.88 bits per heavy atom. The van der Waals surface area contributed by atoms with Crippen LogP contribution in [-0.4, -0.2) is 54.4 Å². The van der Waals surface area contributed by atoms with E-state index in [1.807, 2.05) is 0 Å². The molecule has 1 aromatic carbocycles. The second kappa shape index (κ2) is 7.63. The molecule has 6 nitrogen and oxygen atoms in total. The molecule has 0 bridgehead atoms. The van der Waals surface area contributed by atoms with Crippen LogP contribution in [0.25, 0.3) is 0 Å². The normalized spacial score (nSPS) is 18.2. The SMILES string of the molecule is O=C(O)CN(Cc1ccc(C(F)(F)F)cc1)C(=O)[C@@H]1COCCO1. The summed E-state index contributed by atoms with van der Waals surface area (Å²) in [5.74, 6) is -1.80. The third-order valence-electron chi connectivity index (χ3n) is 3.38. The van der Waals surface area contributed by atoms with Crippen LogP contribution in [0.4, 0.5) is 13.2 Å². The van der Waals surface area contributed by atoms with E-state index in [1.165, 1.54) is 12.1 Å². The van der Waals surface area contributed by atoms with Crippen LogP contribution in [0.1, 0.15) is 11.1 Å². The average molecular weight is 347 g/mol. The zero-order valence-corrected chi connectivity index (χ0v) is 12.6. The van der Waals surface area contributed by atoms with Crippen LogP contribution in [0.5, 0.6) is 0 Å². The fraction of sp³-hybridized carbons (Fsp3) is 0.467. The number of amides is 1. The largest absolute Gasteiger partial charge is 0.480 e. The van der Waals surface area contributed by atoms with E-state index in [1.54, 1.807) is 0 Å². The molecule has 2 rings (SSSR count). The topological polar surface area (TPSA) is 76.1 Å². The van der Waals surface area contributed by atoms with Crippen molar-refractivity contribution < 1.29 is 37.3 Å². The standard InChI is InChI=1S/C15H16F3NO5/c16-15(17,18)11-3-1-10(2-4-11)7-19(8-13(20)21)14(22)12-9-23-5-6-24-12/h1-4,12H,5-9H2,(H,20,21)/t12-/m0/s1. The summed E-state index contributed by atoms with van der Waals surface area (Å²) in [5, 5.41) is 8.95. The van der Waals surface area contributed by atoms with Crippen molar-refractivity contribution in [3.63, 3.8) is 0 Å². The monoisotopic (exact) mass is 347 g/mol. The van der Waals surface area contributed by atoms with Crippen LogP contribution in [-0.2, 0) is 31.8 Å². The molecule has 1 aromatic rings. The van der Waals surface area contributed by atoms with Gasteiger partial charge in [-0.3, -0.25) is 9.59 Å². The van der Waals surface area contributed by atoms with E-state index in [-0.39, 0.29) is 19.8 Å². The third kappa shape index (κ3) is 4.93. The van der Waals surface area contributed by atoms with E-state index in [0.29, 0.717) is 12.2 Å². The Morgan fingerprint density at radius 1 is 1.21 bits per heavy atom. The van der Waals surface area contributed by atoms with Gasteiger partial charge < -0.3 is 19.5 Å². The van der Waals surface area contributed by atoms with Gasteiger partial charge in [0.2, 0.25) is 0 Å². The zero-order chi connectivity index (χ0) is 17.7. The third-order valence-corrected chi connectivity index (χ3v) is 3.38. The summed E-state index contributed by atoms with van der Waals surface area (Å²) in [7, 11) is 0. The minimum absolute atomic E-state index is 0.0158. The lowest BCUT2D eigenvalue weighted by molar-refractivity contribution is -0.162. The highest BCUT2D eigenvalue weighted by molar-refractivity contribution is 5.84. The number of carbonyl (C=O) groups is 2. The molecule has 1 N–H and O–H groups in total. The minimum atomic E-state index is -4.46. The van der Waals surface area contributed by atoms with Gasteiger partial charge >= 0.3 is 12.1 Å². The minimum Gasteiger partial charge on any atom is -0.480 e. The van der Waals surface area contributed by atoms with Gasteiger partial charge in [0.1, 0.15) is 6.54 Å². The Balaban J connectivity index is 2.10. The number of alkyl halides is 3. The first-order chi connectivity index (χ1) is 11.3. The van der Waals surface area contributed by atoms with Crippen LogP contribution < -0.4 is 0 Å². The first-order valence-corrected chi connectivity index (χ1v) is 7.13. The van der Waals surface area contributed by atoms with E-state index in [4.69, 9.17) is 14.6 Å². The number of hydrogen-bond acceptors (Lipinski definition) is 4. The number of carboxylic acid groups (broad SMARTS) is 1. The number of halogens is 3. The van der Waals surface area contributed by atoms with Crippen molar-refractivity contribution in [1.82, 2.24) is 4.90 Å². The fourth-order valence-electron chi connectivity index (χ4n) is 2.23. The molecule has 0 unspecified atom stereocenters. The molecule has 1 atom stereocenters. The van der Waals surface area contributed by atoms with Gasteiger partial charge in [0.15, 0.2) is 6.10 Å². The zero-order valence-electron chi connectivity index (χ0n) is 12.6. The van der Waals surface area contributed by atoms with Crippen molar-refractivity contribution in [1.29, 1.82) is 0 Å². The Morgan fingerprint density at radius 3 is 2.38 bits per heavy atom. The Bertz CT molecular complexity index is 582. The lowest BCUT2D eigenvalue weighted by atomic mass is 10.1. The first kappa shape index (κ1) is 18.2. The highest BCUT2D eigenvalue weighted by Gasteiger charge is 2.31. The molecule has 9 heteroatoms. The Kier molecular flexibility index (Phi) is 5.79. The predicted octanol–water partition coefficient (Wildman–Crippen LogP) is 1.53. The van der Waals surface area contributed by atoms with Gasteiger partial charge in [-0.05, 0) is 17.7 Å². The number of ether oxygens (including phenoxy) is 2. The number of carbonyl (C=O) groups excluding carboxylic acids is 1. The summed E-state index contributed by atoms with van der Waals surface area (Å²) < 4.78 is 48.0. The summed E-state index contributed by atoms with van der Waals surface area (Å²) in [6, 6.07) is 4.20. The van der Waals surface area contributed by atoms with E-state index in [9.17, 15) is 22.8 Å². The molecule has 0 aliphatic carbocycles. The van der Waals surface area contributed by atoms with Crippen LogP contribution in [0.2, 0.25) is 0 Å². The summed E-state index contributed by atoms with van der Waals surface area (Å²) in [4.78, 5) is 24.3. The molecule has 1 aliphatic rings. The summed E-state index contributed by atoms with van der Waals surface area (Å²) in [6.45, 7) is -0.135. The van der Waals surface area contributed by atoms with E-state index in [0.717, 1.165) is 17.0 Å².